The topological polar surface area (TPSA) is 64.5 Å². The summed E-state index contributed by atoms with van der Waals surface area (Å²) < 4.78 is 0. The highest BCUT2D eigenvalue weighted by molar-refractivity contribution is 4.62. The van der Waals surface area contributed by atoms with Gasteiger partial charge in [-0.2, -0.15) is 0 Å². The Morgan fingerprint density at radius 2 is 1.57 bits per heavy atom. The van der Waals surface area contributed by atoms with E-state index in [0.717, 1.165) is 0 Å². The summed E-state index contributed by atoms with van der Waals surface area (Å²) in [6.45, 7) is 1.70. The Bertz CT molecular complexity index is 136. The van der Waals surface area contributed by atoms with E-state index in [1.165, 1.54) is 0 Å². The molecule has 0 aliphatic rings. The lowest BCUT2D eigenvalue weighted by atomic mass is 10.8. The molecule has 0 bridgehead atoms. The van der Waals surface area contributed by atoms with Gasteiger partial charge >= 0.3 is 0 Å². The van der Waals surface area contributed by atoms with E-state index in [9.17, 15) is 0 Å². The fourth-order valence-corrected chi connectivity index (χ4v) is 0.207. The molecular weight excluding hydrogens is 94.1 g/mol. The number of nitrogens with zero attached hydrogens (tertiary/aromatic N) is 5. The van der Waals surface area contributed by atoms with Crippen LogP contribution in [-0.2, 0) is 0 Å². The van der Waals surface area contributed by atoms with Crippen LogP contribution in [0.25, 0.3) is 0 Å². The first-order valence-corrected chi connectivity index (χ1v) is 1.75. The Hall–Kier alpha value is -1.13. The molecule has 0 aliphatic carbocycles. The average molecular weight is 97.1 g/mol. The van der Waals surface area contributed by atoms with Gasteiger partial charge in [0.1, 0.15) is 0 Å². The van der Waals surface area contributed by atoms with Gasteiger partial charge in [0, 0.05) is 0 Å². The van der Waals surface area contributed by atoms with Crippen LogP contribution in [0.3, 0.4) is 0 Å². The summed E-state index contributed by atoms with van der Waals surface area (Å²) in [5.74, 6) is 0.537. The molecule has 0 radical (unpaired) electrons. The van der Waals surface area contributed by atoms with Crippen molar-refractivity contribution in [2.45, 2.75) is 6.92 Å². The van der Waals surface area contributed by atoms with Crippen molar-refractivity contribution < 1.29 is 0 Å². The largest absolute Gasteiger partial charge is 0.174 e. The summed E-state index contributed by atoms with van der Waals surface area (Å²) in [7, 11) is 0. The molecule has 0 saturated heterocycles. The zero-order chi connectivity index (χ0) is 5.11. The van der Waals surface area contributed by atoms with E-state index in [1.54, 1.807) is 6.92 Å². The Kier molecular flexibility index (Phi) is 0.892. The summed E-state index contributed by atoms with van der Waals surface area (Å²) >= 11 is 0. The molecule has 5 heteroatoms. The molecule has 0 amide bonds. The van der Waals surface area contributed by atoms with Crippen molar-refractivity contribution in [2.24, 2.45) is 0 Å². The first-order chi connectivity index (χ1) is 3.39. The summed E-state index contributed by atoms with van der Waals surface area (Å²) in [4.78, 5) is 0. The predicted molar refractivity (Wildman–Crippen MR) is 20.2 cm³/mol. The minimum Gasteiger partial charge on any atom is -0.112 e. The maximum Gasteiger partial charge on any atom is 0.174 e. The van der Waals surface area contributed by atoms with Crippen LogP contribution < -0.4 is 0 Å². The van der Waals surface area contributed by atoms with Crippen molar-refractivity contribution in [3.05, 3.63) is 5.82 Å². The predicted octanol–water partition coefficient (Wildman–Crippen LogP) is -1.03. The third kappa shape index (κ3) is 0.850. The highest BCUT2D eigenvalue weighted by atomic mass is 15.5. The molecule has 1 rings (SSSR count). The second-order valence-corrected chi connectivity index (χ2v) is 1.02. The van der Waals surface area contributed by atoms with Crippen molar-refractivity contribution in [3.63, 3.8) is 0 Å². The lowest BCUT2D eigenvalue weighted by molar-refractivity contribution is 0.654. The molecule has 36 valence electrons. The van der Waals surface area contributed by atoms with E-state index in [4.69, 9.17) is 0 Å². The molecule has 0 fully saturated rings. The molecule has 7 heavy (non-hydrogen) atoms. The zero-order valence-corrected chi connectivity index (χ0v) is 3.74. The van der Waals surface area contributed by atoms with E-state index in [0.29, 0.717) is 5.82 Å². The van der Waals surface area contributed by atoms with Gasteiger partial charge < -0.3 is 0 Å². The van der Waals surface area contributed by atoms with Gasteiger partial charge in [0.25, 0.3) is 0 Å². The smallest absolute Gasteiger partial charge is 0.112 e. The van der Waals surface area contributed by atoms with Crippen LogP contribution in [0.15, 0.2) is 0 Å². The van der Waals surface area contributed by atoms with Crippen LogP contribution in [0.1, 0.15) is 5.82 Å². The Morgan fingerprint density at radius 1 is 1.00 bits per heavy atom. The number of hydrogen-bond acceptors (Lipinski definition) is 5. The van der Waals surface area contributed by atoms with Crippen molar-refractivity contribution in [3.8, 4) is 0 Å². The van der Waals surface area contributed by atoms with Crippen LogP contribution in [0, 0.1) is 6.92 Å². The quantitative estimate of drug-likeness (QED) is 0.414. The summed E-state index contributed by atoms with van der Waals surface area (Å²) in [6, 6.07) is 0. The van der Waals surface area contributed by atoms with Crippen molar-refractivity contribution in [1.29, 1.82) is 0 Å². The zero-order valence-electron chi connectivity index (χ0n) is 3.74. The van der Waals surface area contributed by atoms with Crippen LogP contribution in [-0.4, -0.2) is 25.8 Å². The second-order valence-electron chi connectivity index (χ2n) is 1.02. The van der Waals surface area contributed by atoms with Gasteiger partial charge in [-0.15, -0.1) is 10.2 Å². The molecule has 0 atom stereocenters. The fourth-order valence-electron chi connectivity index (χ4n) is 0.207. The fraction of sp³-hybridized carbons (Fsp3) is 0.500. The molecule has 1 aromatic rings. The molecule has 0 aliphatic heterocycles. The third-order valence-corrected chi connectivity index (χ3v) is 0.459. The van der Waals surface area contributed by atoms with Crippen molar-refractivity contribution in [2.75, 3.05) is 0 Å². The number of hydrogen-bond donors (Lipinski definition) is 0. The van der Waals surface area contributed by atoms with Gasteiger partial charge in [0.15, 0.2) is 5.82 Å². The highest BCUT2D eigenvalue weighted by Gasteiger charge is 1.79. The maximum absolute atomic E-state index is 3.44. The molecular formula is C2H3N5. The SMILES string of the molecule is Cc1nnnnn1. The van der Waals surface area contributed by atoms with E-state index in [2.05, 4.69) is 25.8 Å². The second kappa shape index (κ2) is 1.55. The lowest BCUT2D eigenvalue weighted by Crippen LogP contribution is -1.96. The van der Waals surface area contributed by atoms with Crippen LogP contribution in [0.2, 0.25) is 0 Å². The van der Waals surface area contributed by atoms with Crippen molar-refractivity contribution >= 4 is 0 Å². The molecule has 0 aromatic carbocycles. The minimum atomic E-state index is 0.537. The van der Waals surface area contributed by atoms with Crippen LogP contribution in [0.5, 0.6) is 0 Å². The molecule has 5 nitrogen and oxygen atoms in total. The van der Waals surface area contributed by atoms with Gasteiger partial charge in [0.05, 0.1) is 0 Å². The minimum absolute atomic E-state index is 0.537. The van der Waals surface area contributed by atoms with Gasteiger partial charge in [-0.05, 0) is 22.6 Å². The molecule has 0 unspecified atom stereocenters. The monoisotopic (exact) mass is 97.0 g/mol. The standard InChI is InChI=1S/C2H3N5/c1-2-3-5-7-6-4-2/h1H3. The number of aryl methyl sites for hydroxylation is 1. The summed E-state index contributed by atoms with van der Waals surface area (Å²) in [5.41, 5.74) is 0. The first-order valence-electron chi connectivity index (χ1n) is 1.75. The number of rotatable bonds is 0. The van der Waals surface area contributed by atoms with Gasteiger partial charge in [-0.1, -0.05) is 0 Å². The van der Waals surface area contributed by atoms with Crippen LogP contribution in [0.4, 0.5) is 0 Å². The average Bonchev–Trinajstić information content (AvgIpc) is 1.69. The summed E-state index contributed by atoms with van der Waals surface area (Å²) in [5, 5.41) is 16.4. The third-order valence-electron chi connectivity index (χ3n) is 0.459. The van der Waals surface area contributed by atoms with Gasteiger partial charge in [0.2, 0.25) is 0 Å². The van der Waals surface area contributed by atoms with Gasteiger partial charge in [-0.3, -0.25) is 0 Å². The van der Waals surface area contributed by atoms with Crippen molar-refractivity contribution in [1.82, 2.24) is 25.8 Å². The van der Waals surface area contributed by atoms with E-state index in [1.807, 2.05) is 0 Å². The molecule has 0 spiro atoms. The summed E-state index contributed by atoms with van der Waals surface area (Å²) in [6.07, 6.45) is 0. The van der Waals surface area contributed by atoms with Crippen LogP contribution >= 0.6 is 0 Å². The lowest BCUT2D eigenvalue weighted by Gasteiger charge is -1.76. The normalized spacial score (nSPS) is 8.71. The highest BCUT2D eigenvalue weighted by Crippen LogP contribution is 1.67. The maximum atomic E-state index is 3.44. The first kappa shape index (κ1) is 4.04. The molecule has 0 N–H and O–H groups in total. The van der Waals surface area contributed by atoms with E-state index >= 15 is 0 Å². The Morgan fingerprint density at radius 3 is 1.86 bits per heavy atom. The Labute approximate surface area is 39.8 Å². The van der Waals surface area contributed by atoms with E-state index in [-0.39, 0.29) is 0 Å². The molecule has 1 heterocycles. The number of aromatic nitrogens is 5. The molecule has 1 aromatic heterocycles. The van der Waals surface area contributed by atoms with Gasteiger partial charge in [-0.25, -0.2) is 0 Å². The van der Waals surface area contributed by atoms with E-state index < -0.39 is 0 Å². The molecule has 0 saturated carbocycles. The Balaban J connectivity index is 3.02.